The second kappa shape index (κ2) is 14.8. The van der Waals surface area contributed by atoms with Gasteiger partial charge >= 0.3 is 0 Å². The van der Waals surface area contributed by atoms with E-state index in [0.717, 1.165) is 31.0 Å². The lowest BCUT2D eigenvalue weighted by molar-refractivity contribution is 0.131. The lowest BCUT2D eigenvalue weighted by Crippen LogP contribution is -2.18. The number of fused-ring (bicyclic) bond motifs is 1. The van der Waals surface area contributed by atoms with E-state index in [4.69, 9.17) is 9.47 Å². The van der Waals surface area contributed by atoms with Gasteiger partial charge in [-0.05, 0) is 97.4 Å². The Morgan fingerprint density at radius 3 is 2.15 bits per heavy atom. The van der Waals surface area contributed by atoms with Crippen LogP contribution in [0.2, 0.25) is 0 Å². The molecule has 1 fully saturated rings. The molecule has 0 atom stereocenters. The molecule has 0 unspecified atom stereocenters. The van der Waals surface area contributed by atoms with Crippen LogP contribution in [0.25, 0.3) is 10.8 Å². The van der Waals surface area contributed by atoms with E-state index in [-0.39, 0.29) is 0 Å². The van der Waals surface area contributed by atoms with Gasteiger partial charge in [0.05, 0.1) is 0 Å². The van der Waals surface area contributed by atoms with Crippen molar-refractivity contribution >= 4 is 10.8 Å². The summed E-state index contributed by atoms with van der Waals surface area (Å²) in [5.41, 5.74) is 3.06. The van der Waals surface area contributed by atoms with Crippen molar-refractivity contribution in [1.82, 2.24) is 0 Å². The van der Waals surface area contributed by atoms with Crippen LogP contribution in [0.3, 0.4) is 0 Å². The van der Waals surface area contributed by atoms with Crippen molar-refractivity contribution in [3.05, 3.63) is 47.5 Å². The highest BCUT2D eigenvalue weighted by Crippen LogP contribution is 2.39. The van der Waals surface area contributed by atoms with Crippen molar-refractivity contribution in [3.63, 3.8) is 0 Å². The van der Waals surface area contributed by atoms with Gasteiger partial charge in [-0.15, -0.1) is 0 Å². The molecule has 0 N–H and O–H groups in total. The zero-order valence-corrected chi connectivity index (χ0v) is 21.6. The molecule has 0 bridgehead atoms. The highest BCUT2D eigenvalue weighted by molar-refractivity contribution is 5.84. The normalized spacial score (nSPS) is 18.9. The van der Waals surface area contributed by atoms with E-state index in [2.05, 4.69) is 43.3 Å². The van der Waals surface area contributed by atoms with Crippen LogP contribution in [0, 0.1) is 11.8 Å². The van der Waals surface area contributed by atoms with Gasteiger partial charge in [-0.3, -0.25) is 0 Å². The number of benzene rings is 2. The van der Waals surface area contributed by atoms with Crippen molar-refractivity contribution < 1.29 is 9.47 Å². The quantitative estimate of drug-likeness (QED) is 0.252. The highest BCUT2D eigenvalue weighted by Gasteiger charge is 2.25. The SMILES string of the molecule is CCCCCCCc1ccc2cc(C3CCC(CC(CCOC)CCOC)CC3)ccc2c1. The van der Waals surface area contributed by atoms with Crippen molar-refractivity contribution in [2.45, 2.75) is 96.3 Å². The number of rotatable bonds is 15. The standard InChI is InChI=1S/C31H48O2/c1-4-5-6-7-8-9-25-12-15-31-24-30(17-16-29(31)23-25)28-13-10-26(11-14-28)22-27(18-20-32-2)19-21-33-3/h12,15-17,23-24,26-28H,4-11,13-14,18-22H2,1-3H3. The zero-order valence-electron chi connectivity index (χ0n) is 21.6. The van der Waals surface area contributed by atoms with Crippen LogP contribution < -0.4 is 0 Å². The summed E-state index contributed by atoms with van der Waals surface area (Å²) in [4.78, 5) is 0. The van der Waals surface area contributed by atoms with Gasteiger partial charge in [-0.2, -0.15) is 0 Å². The first-order valence-corrected chi connectivity index (χ1v) is 13.7. The Labute approximate surface area is 203 Å². The molecule has 1 aliphatic carbocycles. The summed E-state index contributed by atoms with van der Waals surface area (Å²) >= 11 is 0. The van der Waals surface area contributed by atoms with Crippen molar-refractivity contribution in [2.24, 2.45) is 11.8 Å². The van der Waals surface area contributed by atoms with Crippen molar-refractivity contribution in [3.8, 4) is 0 Å². The van der Waals surface area contributed by atoms with Crippen LogP contribution in [-0.2, 0) is 15.9 Å². The second-order valence-electron chi connectivity index (χ2n) is 10.5. The maximum absolute atomic E-state index is 5.35. The molecule has 1 aliphatic rings. The predicted octanol–water partition coefficient (Wildman–Crippen LogP) is 8.71. The number of ether oxygens (including phenoxy) is 2. The van der Waals surface area contributed by atoms with Crippen LogP contribution >= 0.6 is 0 Å². The van der Waals surface area contributed by atoms with Crippen molar-refractivity contribution in [2.75, 3.05) is 27.4 Å². The van der Waals surface area contributed by atoms with E-state index >= 15 is 0 Å². The summed E-state index contributed by atoms with van der Waals surface area (Å²) in [5.74, 6) is 2.36. The average molecular weight is 453 g/mol. The molecule has 2 aromatic carbocycles. The molecule has 0 aromatic heterocycles. The number of unbranched alkanes of at least 4 members (excludes halogenated alkanes) is 4. The van der Waals surface area contributed by atoms with Crippen LogP contribution in [-0.4, -0.2) is 27.4 Å². The van der Waals surface area contributed by atoms with Gasteiger partial charge in [0.15, 0.2) is 0 Å². The fraction of sp³-hybridized carbons (Fsp3) is 0.677. The summed E-state index contributed by atoms with van der Waals surface area (Å²) in [6.07, 6.45) is 17.1. The predicted molar refractivity (Wildman–Crippen MR) is 142 cm³/mol. The van der Waals surface area contributed by atoms with E-state index in [9.17, 15) is 0 Å². The van der Waals surface area contributed by atoms with E-state index in [1.807, 2.05) is 14.2 Å². The minimum Gasteiger partial charge on any atom is -0.385 e. The smallest absolute Gasteiger partial charge is 0.0464 e. The van der Waals surface area contributed by atoms with Crippen molar-refractivity contribution in [1.29, 1.82) is 0 Å². The third kappa shape index (κ3) is 8.72. The Kier molecular flexibility index (Phi) is 11.8. The van der Waals surface area contributed by atoms with Gasteiger partial charge in [0.2, 0.25) is 0 Å². The Morgan fingerprint density at radius 1 is 0.788 bits per heavy atom. The van der Waals surface area contributed by atoms with E-state index < -0.39 is 0 Å². The summed E-state index contributed by atoms with van der Waals surface area (Å²) in [5, 5.41) is 2.83. The van der Waals surface area contributed by atoms with Gasteiger partial charge in [0.1, 0.15) is 0 Å². The summed E-state index contributed by atoms with van der Waals surface area (Å²) in [6, 6.07) is 14.4. The van der Waals surface area contributed by atoms with E-state index in [1.54, 1.807) is 5.56 Å². The third-order valence-electron chi connectivity index (χ3n) is 7.94. The molecule has 2 nitrogen and oxygen atoms in total. The van der Waals surface area contributed by atoms with Crippen LogP contribution in [0.4, 0.5) is 0 Å². The molecule has 0 amide bonds. The summed E-state index contributed by atoms with van der Waals surface area (Å²) < 4.78 is 10.7. The van der Waals surface area contributed by atoms with Gasteiger partial charge in [-0.25, -0.2) is 0 Å². The largest absolute Gasteiger partial charge is 0.385 e. The van der Waals surface area contributed by atoms with E-state index in [1.165, 1.54) is 99.8 Å². The van der Waals surface area contributed by atoms with E-state index in [0.29, 0.717) is 0 Å². The first-order chi connectivity index (χ1) is 16.2. The summed E-state index contributed by atoms with van der Waals surface area (Å²) in [6.45, 7) is 4.04. The topological polar surface area (TPSA) is 18.5 Å². The zero-order chi connectivity index (χ0) is 23.3. The Morgan fingerprint density at radius 2 is 1.45 bits per heavy atom. The Balaban J connectivity index is 1.50. The third-order valence-corrected chi connectivity index (χ3v) is 7.94. The number of methoxy groups -OCH3 is 2. The van der Waals surface area contributed by atoms with Gasteiger partial charge in [-0.1, -0.05) is 69.0 Å². The second-order valence-corrected chi connectivity index (χ2v) is 10.5. The molecule has 0 radical (unpaired) electrons. The van der Waals surface area contributed by atoms with Crippen LogP contribution in [0.15, 0.2) is 36.4 Å². The molecule has 1 saturated carbocycles. The van der Waals surface area contributed by atoms with Crippen LogP contribution in [0.1, 0.15) is 101 Å². The maximum atomic E-state index is 5.35. The van der Waals surface area contributed by atoms with Gasteiger partial charge in [0.25, 0.3) is 0 Å². The highest BCUT2D eigenvalue weighted by atomic mass is 16.5. The molecule has 3 rings (SSSR count). The molecule has 0 aliphatic heterocycles. The molecule has 0 saturated heterocycles. The fourth-order valence-corrected chi connectivity index (χ4v) is 5.81. The minimum absolute atomic E-state index is 0.736. The average Bonchev–Trinajstić information content (AvgIpc) is 2.85. The number of aryl methyl sites for hydroxylation is 1. The molecule has 33 heavy (non-hydrogen) atoms. The molecular formula is C31H48O2. The lowest BCUT2D eigenvalue weighted by Gasteiger charge is -2.31. The summed E-state index contributed by atoms with van der Waals surface area (Å²) in [7, 11) is 3.63. The van der Waals surface area contributed by atoms with Crippen LogP contribution in [0.5, 0.6) is 0 Å². The van der Waals surface area contributed by atoms with Gasteiger partial charge in [0, 0.05) is 27.4 Å². The number of hydrogen-bond acceptors (Lipinski definition) is 2. The molecule has 0 heterocycles. The molecule has 0 spiro atoms. The first kappa shape index (κ1) is 26.2. The molecule has 2 aromatic rings. The monoisotopic (exact) mass is 452 g/mol. The molecule has 2 heteroatoms. The first-order valence-electron chi connectivity index (χ1n) is 13.7. The maximum Gasteiger partial charge on any atom is 0.0464 e. The number of hydrogen-bond donors (Lipinski definition) is 0. The molecule has 184 valence electrons. The fourth-order valence-electron chi connectivity index (χ4n) is 5.81. The minimum atomic E-state index is 0.736. The Bertz CT molecular complexity index is 783. The lowest BCUT2D eigenvalue weighted by atomic mass is 9.75. The Hall–Kier alpha value is -1.38. The van der Waals surface area contributed by atoms with Gasteiger partial charge < -0.3 is 9.47 Å². The molecular weight excluding hydrogens is 404 g/mol.